The van der Waals surface area contributed by atoms with E-state index >= 15 is 0 Å². The van der Waals surface area contributed by atoms with Crippen LogP contribution in [0.3, 0.4) is 0 Å². The van der Waals surface area contributed by atoms with Crippen LogP contribution in [-0.2, 0) is 30.5 Å². The van der Waals surface area contributed by atoms with Crippen LogP contribution < -0.4 is 0 Å². The molecule has 3 N–H and O–H groups in total. The summed E-state index contributed by atoms with van der Waals surface area (Å²) in [4.78, 5) is 0. The van der Waals surface area contributed by atoms with E-state index in [0.29, 0.717) is 0 Å². The van der Waals surface area contributed by atoms with Crippen LogP contribution in [0.4, 0.5) is 0 Å². The first-order valence-corrected chi connectivity index (χ1v) is 1.70. The van der Waals surface area contributed by atoms with Gasteiger partial charge < -0.3 is 5.48 Å². The van der Waals surface area contributed by atoms with Crippen LogP contribution in [0.15, 0.2) is 0 Å². The molecule has 0 amide bonds. The fourth-order valence-electron chi connectivity index (χ4n) is 0. The zero-order valence-corrected chi connectivity index (χ0v) is 6.78. The second-order valence-corrected chi connectivity index (χ2v) is 0.714. The van der Waals surface area contributed by atoms with Crippen molar-refractivity contribution in [2.45, 2.75) is 0 Å². The van der Waals surface area contributed by atoms with Gasteiger partial charge in [0.25, 0.3) is 11.0 Å². The molecule has 6 heavy (non-hydrogen) atoms. The molecule has 0 aromatic heterocycles. The zero-order valence-electron chi connectivity index (χ0n) is 2.92. The number of hydrogen-bond acceptors (Lipinski definition) is 2. The molecule has 0 aliphatic heterocycles. The molecule has 0 aromatic carbocycles. The van der Waals surface area contributed by atoms with Gasteiger partial charge in [0, 0.05) is 19.5 Å². The SMILES string of the molecule is O.O=[SH](=O)O.[Zn]. The molecule has 0 saturated heterocycles. The van der Waals surface area contributed by atoms with Crippen LogP contribution in [0.1, 0.15) is 0 Å². The van der Waals surface area contributed by atoms with E-state index in [1.54, 1.807) is 0 Å². The molecule has 0 aliphatic rings. The van der Waals surface area contributed by atoms with Crippen LogP contribution in [-0.4, -0.2) is 18.4 Å². The van der Waals surface area contributed by atoms with Gasteiger partial charge >= 0.3 is 0 Å². The molecular weight excluding hydrogens is 161 g/mol. The van der Waals surface area contributed by atoms with Crippen LogP contribution in [0.5, 0.6) is 0 Å². The molecule has 4 nitrogen and oxygen atoms in total. The predicted molar refractivity (Wildman–Crippen MR) is 16.6 cm³/mol. The molecule has 0 heterocycles. The minimum atomic E-state index is -3.12. The van der Waals surface area contributed by atoms with E-state index in [4.69, 9.17) is 13.0 Å². The quantitative estimate of drug-likeness (QED) is 0.253. The van der Waals surface area contributed by atoms with Gasteiger partial charge in [-0.15, -0.1) is 0 Å². The van der Waals surface area contributed by atoms with E-state index < -0.39 is 11.0 Å². The maximum Gasteiger partial charge on any atom is 0.254 e. The van der Waals surface area contributed by atoms with Crippen molar-refractivity contribution < 1.29 is 37.9 Å². The number of thiol groups is 1. The van der Waals surface area contributed by atoms with Crippen molar-refractivity contribution >= 4 is 11.0 Å². The van der Waals surface area contributed by atoms with Crippen molar-refractivity contribution in [1.82, 2.24) is 0 Å². The van der Waals surface area contributed by atoms with Crippen molar-refractivity contribution in [3.05, 3.63) is 0 Å². The monoisotopic (exact) mass is 164 g/mol. The summed E-state index contributed by atoms with van der Waals surface area (Å²) in [5.41, 5.74) is 0. The first kappa shape index (κ1) is 16.1. The van der Waals surface area contributed by atoms with Gasteiger partial charge in [0.05, 0.1) is 0 Å². The fraction of sp³-hybridized carbons (Fsp3) is 0. The summed E-state index contributed by atoms with van der Waals surface area (Å²) in [5.74, 6) is 0. The molecule has 0 spiro atoms. The van der Waals surface area contributed by atoms with Crippen molar-refractivity contribution in [1.29, 1.82) is 0 Å². The van der Waals surface area contributed by atoms with Gasteiger partial charge in [0.15, 0.2) is 0 Å². The predicted octanol–water partition coefficient (Wildman–Crippen LogP) is -1.76. The normalized spacial score (nSPS) is 5.67. The topological polar surface area (TPSA) is 85.9 Å². The molecule has 0 atom stereocenters. The Morgan fingerprint density at radius 1 is 1.33 bits per heavy atom. The Balaban J connectivity index is -0.0000000450. The Morgan fingerprint density at radius 3 is 1.33 bits per heavy atom. The van der Waals surface area contributed by atoms with Crippen LogP contribution in [0, 0.1) is 0 Å². The van der Waals surface area contributed by atoms with E-state index in [1.165, 1.54) is 0 Å². The van der Waals surface area contributed by atoms with Gasteiger partial charge in [0.2, 0.25) is 0 Å². The van der Waals surface area contributed by atoms with E-state index in [2.05, 4.69) is 0 Å². The molecule has 0 unspecified atom stereocenters. The average Bonchev–Trinajstić information content (AvgIpc) is 0.811. The minimum Gasteiger partial charge on any atom is -0.412 e. The van der Waals surface area contributed by atoms with Crippen molar-refractivity contribution in [2.24, 2.45) is 0 Å². The Morgan fingerprint density at radius 2 is 1.33 bits per heavy atom. The van der Waals surface area contributed by atoms with Crippen molar-refractivity contribution in [3.63, 3.8) is 0 Å². The third-order valence-electron chi connectivity index (χ3n) is 0. The van der Waals surface area contributed by atoms with E-state index in [-0.39, 0.29) is 25.0 Å². The van der Waals surface area contributed by atoms with Gasteiger partial charge in [-0.3, -0.25) is 4.55 Å². The Hall–Kier alpha value is 0.493. The van der Waals surface area contributed by atoms with Crippen molar-refractivity contribution in [3.8, 4) is 0 Å². The standard InChI is InChI=1S/H2O3S.H2O.Zn/c1-4(2)3;;/h4H,(H,1,2,3);1H2;. The Bertz CT molecular complexity index is 55.9. The smallest absolute Gasteiger partial charge is 0.254 e. The summed E-state index contributed by atoms with van der Waals surface area (Å²) in [6.45, 7) is 0. The molecule has 0 aliphatic carbocycles. The van der Waals surface area contributed by atoms with E-state index in [0.717, 1.165) is 0 Å². The Kier molecular flexibility index (Phi) is 24.3. The second kappa shape index (κ2) is 9.09. The van der Waals surface area contributed by atoms with Crippen LogP contribution >= 0.6 is 0 Å². The summed E-state index contributed by atoms with van der Waals surface area (Å²) in [7, 11) is -3.12. The first-order valence-electron chi connectivity index (χ1n) is 0.565. The average molecular weight is 165 g/mol. The number of rotatable bonds is 0. The van der Waals surface area contributed by atoms with Gasteiger partial charge in [-0.1, -0.05) is 0 Å². The van der Waals surface area contributed by atoms with Crippen molar-refractivity contribution in [2.75, 3.05) is 0 Å². The first-order chi connectivity index (χ1) is 1.73. The molecule has 0 saturated carbocycles. The zero-order chi connectivity index (χ0) is 3.58. The largest absolute Gasteiger partial charge is 0.412 e. The summed E-state index contributed by atoms with van der Waals surface area (Å²) in [6.07, 6.45) is 0. The van der Waals surface area contributed by atoms with Gasteiger partial charge in [-0.25, -0.2) is 8.42 Å². The van der Waals surface area contributed by atoms with Crippen LogP contribution in [0.2, 0.25) is 0 Å². The molecule has 6 heteroatoms. The maximum absolute atomic E-state index is 8.59. The molecule has 0 aromatic rings. The van der Waals surface area contributed by atoms with E-state index in [9.17, 15) is 0 Å². The molecule has 0 radical (unpaired) electrons. The van der Waals surface area contributed by atoms with Crippen LogP contribution in [0.25, 0.3) is 0 Å². The molecule has 0 fully saturated rings. The molecule has 0 bridgehead atoms. The Labute approximate surface area is 49.4 Å². The maximum atomic E-state index is 8.59. The van der Waals surface area contributed by atoms with Gasteiger partial charge in [0.1, 0.15) is 0 Å². The van der Waals surface area contributed by atoms with E-state index in [1.807, 2.05) is 0 Å². The molecule has 36 valence electrons. The number of hydrogen-bond donors (Lipinski definition) is 2. The van der Waals surface area contributed by atoms with Gasteiger partial charge in [-0.2, -0.15) is 0 Å². The summed E-state index contributed by atoms with van der Waals surface area (Å²) < 4.78 is 24.2. The summed E-state index contributed by atoms with van der Waals surface area (Å²) in [5, 5.41) is 0. The third kappa shape index (κ3) is 225. The second-order valence-electron chi connectivity index (χ2n) is 0.238. The molecule has 0 rings (SSSR count). The summed E-state index contributed by atoms with van der Waals surface area (Å²) in [6, 6.07) is 0. The molecular formula is H4O4SZn. The minimum absolute atomic E-state index is 0. The summed E-state index contributed by atoms with van der Waals surface area (Å²) >= 11 is 0. The fourth-order valence-corrected chi connectivity index (χ4v) is 0. The van der Waals surface area contributed by atoms with Gasteiger partial charge in [-0.05, 0) is 0 Å². The third-order valence-corrected chi connectivity index (χ3v) is 0.